The molecule has 0 aliphatic rings. The largest absolute Gasteiger partial charge is 0.462 e. The highest BCUT2D eigenvalue weighted by Crippen LogP contribution is 2.18. The van der Waals surface area contributed by atoms with Crippen LogP contribution in [0.5, 0.6) is 0 Å². The number of allylic oxidation sites excluding steroid dienone is 10. The van der Waals surface area contributed by atoms with E-state index >= 15 is 0 Å². The Morgan fingerprint density at radius 1 is 0.343 bits per heavy atom. The molecule has 0 bridgehead atoms. The predicted molar refractivity (Wildman–Crippen MR) is 307 cm³/mol. The van der Waals surface area contributed by atoms with Crippen LogP contribution in [0, 0.1) is 0 Å². The zero-order valence-electron chi connectivity index (χ0n) is 46.8. The fourth-order valence-electron chi connectivity index (χ4n) is 9.23. The maximum absolute atomic E-state index is 12.3. The van der Waals surface area contributed by atoms with E-state index in [9.17, 15) is 14.7 Å². The fraction of sp³-hybridized carbons (Fsp3) is 0.815. The van der Waals surface area contributed by atoms with E-state index in [1.54, 1.807) is 0 Å². The molecular weight excluding hydrogens is 861 g/mol. The molecule has 0 aliphatic carbocycles. The molecule has 408 valence electrons. The van der Waals surface area contributed by atoms with E-state index in [-0.39, 0.29) is 25.2 Å². The van der Waals surface area contributed by atoms with E-state index in [2.05, 4.69) is 74.6 Å². The highest BCUT2D eigenvalue weighted by atomic mass is 16.6. The standard InChI is InChI=1S/C65H118O5/c1-3-5-7-9-11-13-15-17-19-21-23-25-27-29-30-31-32-33-34-36-37-39-41-43-45-47-49-51-53-55-57-59-64(67)69-62-63(61-66)70-65(68)60-58-56-54-52-50-48-46-44-42-40-38-35-28-26-24-22-20-18-16-14-12-10-8-6-4-2/h6,8,12,14,18,20,24,26,35,38,63,66H,3-5,7,9-11,13,15-17,19,21-23,25,27-34,36-37,39-62H2,1-2H3/b8-6-,14-12-,20-18-,26-24-,38-35-. The van der Waals surface area contributed by atoms with Crippen molar-refractivity contribution in [3.63, 3.8) is 0 Å². The summed E-state index contributed by atoms with van der Waals surface area (Å²) < 4.78 is 10.7. The second kappa shape index (κ2) is 60.9. The third kappa shape index (κ3) is 58.2. The quantitative estimate of drug-likeness (QED) is 0.0373. The van der Waals surface area contributed by atoms with Gasteiger partial charge in [-0.05, 0) is 57.8 Å². The zero-order chi connectivity index (χ0) is 50.6. The average molecular weight is 980 g/mol. The summed E-state index contributed by atoms with van der Waals surface area (Å²) in [5.41, 5.74) is 0. The number of aliphatic hydroxyl groups excluding tert-OH is 1. The Morgan fingerprint density at radius 2 is 0.614 bits per heavy atom. The minimum atomic E-state index is -0.777. The molecule has 0 rings (SSSR count). The topological polar surface area (TPSA) is 72.8 Å². The summed E-state index contributed by atoms with van der Waals surface area (Å²) in [6.45, 7) is 4.07. The maximum atomic E-state index is 12.3. The summed E-state index contributed by atoms with van der Waals surface area (Å²) in [5.74, 6) is -0.584. The van der Waals surface area contributed by atoms with Crippen molar-refractivity contribution in [1.29, 1.82) is 0 Å². The Kier molecular flexibility index (Phi) is 58.8. The highest BCUT2D eigenvalue weighted by molar-refractivity contribution is 5.70. The monoisotopic (exact) mass is 979 g/mol. The molecule has 1 N–H and O–H groups in total. The number of ether oxygens (including phenoxy) is 2. The second-order valence-corrected chi connectivity index (χ2v) is 20.8. The molecule has 0 aromatic rings. The molecule has 0 spiro atoms. The summed E-state index contributed by atoms with van der Waals surface area (Å²) in [5, 5.41) is 9.67. The zero-order valence-corrected chi connectivity index (χ0v) is 46.8. The van der Waals surface area contributed by atoms with Gasteiger partial charge in [-0.2, -0.15) is 0 Å². The second-order valence-electron chi connectivity index (χ2n) is 20.8. The molecule has 0 saturated heterocycles. The normalized spacial score (nSPS) is 12.6. The van der Waals surface area contributed by atoms with E-state index < -0.39 is 6.10 Å². The molecule has 0 radical (unpaired) electrons. The van der Waals surface area contributed by atoms with Crippen LogP contribution in [-0.2, 0) is 19.1 Å². The lowest BCUT2D eigenvalue weighted by atomic mass is 10.0. The predicted octanol–water partition coefficient (Wildman–Crippen LogP) is 21.0. The molecule has 0 saturated carbocycles. The van der Waals surface area contributed by atoms with E-state index in [1.165, 1.54) is 225 Å². The highest BCUT2D eigenvalue weighted by Gasteiger charge is 2.16. The molecule has 1 unspecified atom stereocenters. The molecule has 0 aliphatic heterocycles. The molecule has 70 heavy (non-hydrogen) atoms. The van der Waals surface area contributed by atoms with Gasteiger partial charge in [-0.15, -0.1) is 0 Å². The van der Waals surface area contributed by atoms with Crippen molar-refractivity contribution < 1.29 is 24.2 Å². The summed E-state index contributed by atoms with van der Waals surface area (Å²) >= 11 is 0. The van der Waals surface area contributed by atoms with Crippen LogP contribution in [0.25, 0.3) is 0 Å². The van der Waals surface area contributed by atoms with Crippen LogP contribution in [-0.4, -0.2) is 36.4 Å². The molecule has 5 nitrogen and oxygen atoms in total. The van der Waals surface area contributed by atoms with Gasteiger partial charge in [0.15, 0.2) is 6.10 Å². The number of unbranched alkanes of at least 4 members (excludes halogenated alkanes) is 39. The Labute approximate surface area is 436 Å². The van der Waals surface area contributed by atoms with Crippen molar-refractivity contribution >= 4 is 11.9 Å². The van der Waals surface area contributed by atoms with Crippen LogP contribution >= 0.6 is 0 Å². The van der Waals surface area contributed by atoms with Gasteiger partial charge in [0, 0.05) is 12.8 Å². The minimum absolute atomic E-state index is 0.0665. The van der Waals surface area contributed by atoms with Gasteiger partial charge in [0.25, 0.3) is 0 Å². The van der Waals surface area contributed by atoms with Crippen LogP contribution in [0.4, 0.5) is 0 Å². The molecule has 5 heteroatoms. The van der Waals surface area contributed by atoms with Crippen molar-refractivity contribution in [1.82, 2.24) is 0 Å². The molecule has 0 heterocycles. The molecule has 0 fully saturated rings. The van der Waals surface area contributed by atoms with Gasteiger partial charge in [-0.25, -0.2) is 0 Å². The molecular formula is C65H118O5. The Bertz CT molecular complexity index is 1200. The minimum Gasteiger partial charge on any atom is -0.462 e. The van der Waals surface area contributed by atoms with E-state index in [1.807, 2.05) is 0 Å². The van der Waals surface area contributed by atoms with Crippen molar-refractivity contribution in [2.24, 2.45) is 0 Å². The third-order valence-corrected chi connectivity index (χ3v) is 13.8. The van der Waals surface area contributed by atoms with Crippen molar-refractivity contribution in [3.8, 4) is 0 Å². The smallest absolute Gasteiger partial charge is 0.306 e. The summed E-state index contributed by atoms with van der Waals surface area (Å²) in [7, 11) is 0. The first-order valence-corrected chi connectivity index (χ1v) is 30.8. The van der Waals surface area contributed by atoms with Gasteiger partial charge in [0.2, 0.25) is 0 Å². The van der Waals surface area contributed by atoms with Gasteiger partial charge in [0.05, 0.1) is 6.61 Å². The summed E-state index contributed by atoms with van der Waals surface area (Å²) in [6.07, 6.45) is 82.2. The first-order valence-electron chi connectivity index (χ1n) is 30.8. The van der Waals surface area contributed by atoms with Crippen LogP contribution in [0.2, 0.25) is 0 Å². The van der Waals surface area contributed by atoms with Crippen molar-refractivity contribution in [3.05, 3.63) is 60.8 Å². The van der Waals surface area contributed by atoms with Crippen LogP contribution in [0.15, 0.2) is 60.8 Å². The number of aliphatic hydroxyl groups is 1. The molecule has 1 atom stereocenters. The lowest BCUT2D eigenvalue weighted by molar-refractivity contribution is -0.161. The average Bonchev–Trinajstić information content (AvgIpc) is 3.36. The lowest BCUT2D eigenvalue weighted by Gasteiger charge is -2.15. The third-order valence-electron chi connectivity index (χ3n) is 13.8. The number of carbonyl (C=O) groups excluding carboxylic acids is 2. The van der Waals surface area contributed by atoms with Gasteiger partial charge in [-0.3, -0.25) is 9.59 Å². The van der Waals surface area contributed by atoms with Crippen LogP contribution in [0.3, 0.4) is 0 Å². The summed E-state index contributed by atoms with van der Waals surface area (Å²) in [6, 6.07) is 0. The van der Waals surface area contributed by atoms with Gasteiger partial charge in [-0.1, -0.05) is 312 Å². The van der Waals surface area contributed by atoms with Crippen LogP contribution in [0.1, 0.15) is 322 Å². The van der Waals surface area contributed by atoms with Gasteiger partial charge >= 0.3 is 11.9 Å². The number of hydrogen-bond acceptors (Lipinski definition) is 5. The Hall–Kier alpha value is -2.40. The first kappa shape index (κ1) is 67.6. The van der Waals surface area contributed by atoms with Crippen LogP contribution < -0.4 is 0 Å². The first-order chi connectivity index (χ1) is 34.6. The van der Waals surface area contributed by atoms with Gasteiger partial charge < -0.3 is 14.6 Å². The Morgan fingerprint density at radius 3 is 0.929 bits per heavy atom. The van der Waals surface area contributed by atoms with E-state index in [0.29, 0.717) is 12.8 Å². The Balaban J connectivity index is 3.44. The number of carbonyl (C=O) groups is 2. The van der Waals surface area contributed by atoms with Crippen molar-refractivity contribution in [2.75, 3.05) is 13.2 Å². The van der Waals surface area contributed by atoms with Crippen molar-refractivity contribution in [2.45, 2.75) is 328 Å². The lowest BCUT2D eigenvalue weighted by Crippen LogP contribution is -2.28. The van der Waals surface area contributed by atoms with E-state index in [0.717, 1.165) is 70.6 Å². The SMILES string of the molecule is CC/C=C\C/C=C\C/C=C\C/C=C\C/C=C\CCCCCCCCCCCC(=O)OC(CO)COC(=O)CCCCCCCCCCCCCCCCCCCCCCCCCCCCCCCCC. The molecule has 0 amide bonds. The maximum Gasteiger partial charge on any atom is 0.306 e. The number of rotatable bonds is 57. The van der Waals surface area contributed by atoms with Gasteiger partial charge in [0.1, 0.15) is 6.61 Å². The summed E-state index contributed by atoms with van der Waals surface area (Å²) in [4.78, 5) is 24.6. The van der Waals surface area contributed by atoms with E-state index in [4.69, 9.17) is 9.47 Å². The molecule has 0 aromatic heterocycles. The number of esters is 2. The fourth-order valence-corrected chi connectivity index (χ4v) is 9.23. The molecule has 0 aromatic carbocycles. The number of hydrogen-bond donors (Lipinski definition) is 1.